The van der Waals surface area contributed by atoms with Gasteiger partial charge in [-0.1, -0.05) is 20.3 Å². The lowest BCUT2D eigenvalue weighted by atomic mass is 10.0. The maximum Gasteiger partial charge on any atom is 0.222 e. The smallest absolute Gasteiger partial charge is 0.222 e. The first-order chi connectivity index (χ1) is 6.93. The minimum atomic E-state index is -0.990. The molecule has 2 unspecified atom stereocenters. The largest absolute Gasteiger partial charge is 0.386 e. The highest BCUT2D eigenvalue weighted by Gasteiger charge is 2.22. The van der Waals surface area contributed by atoms with Crippen LogP contribution in [0.15, 0.2) is 0 Å². The van der Waals surface area contributed by atoms with Crippen LogP contribution >= 0.6 is 0 Å². The number of amides is 1. The molecule has 0 heterocycles. The van der Waals surface area contributed by atoms with Gasteiger partial charge >= 0.3 is 0 Å². The van der Waals surface area contributed by atoms with E-state index in [-0.39, 0.29) is 25.0 Å². The molecular weight excluding hydrogens is 194 g/mol. The van der Waals surface area contributed by atoms with Crippen molar-refractivity contribution in [3.8, 4) is 0 Å². The Hall–Kier alpha value is -0.610. The topological polar surface area (TPSA) is 58.6 Å². The third-order valence-corrected chi connectivity index (χ3v) is 2.27. The summed E-state index contributed by atoms with van der Waals surface area (Å²) in [6, 6.07) is 0. The van der Waals surface area contributed by atoms with Crippen LogP contribution in [0.5, 0.6) is 0 Å². The predicted molar refractivity (Wildman–Crippen MR) is 59.6 cm³/mol. The van der Waals surface area contributed by atoms with Crippen molar-refractivity contribution in [1.82, 2.24) is 5.32 Å². The molecule has 0 radical (unpaired) electrons. The van der Waals surface area contributed by atoms with Crippen LogP contribution in [0.2, 0.25) is 0 Å². The summed E-state index contributed by atoms with van der Waals surface area (Å²) in [5, 5.41) is 12.5. The zero-order chi connectivity index (χ0) is 11.9. The van der Waals surface area contributed by atoms with Crippen LogP contribution in [0, 0.1) is 5.92 Å². The van der Waals surface area contributed by atoms with Gasteiger partial charge in [0.05, 0.1) is 6.61 Å². The van der Waals surface area contributed by atoms with Gasteiger partial charge in [0.1, 0.15) is 5.60 Å². The number of hydrogen-bond donors (Lipinski definition) is 2. The van der Waals surface area contributed by atoms with Gasteiger partial charge in [-0.2, -0.15) is 0 Å². The fourth-order valence-corrected chi connectivity index (χ4v) is 1.38. The van der Waals surface area contributed by atoms with Crippen LogP contribution in [0.1, 0.15) is 33.6 Å². The zero-order valence-electron chi connectivity index (χ0n) is 10.2. The van der Waals surface area contributed by atoms with Crippen molar-refractivity contribution in [3.05, 3.63) is 0 Å². The average Bonchev–Trinajstić information content (AvgIpc) is 2.14. The molecule has 0 spiro atoms. The lowest BCUT2D eigenvalue weighted by Crippen LogP contribution is -2.45. The Bertz CT molecular complexity index is 192. The second-order valence-corrected chi connectivity index (χ2v) is 4.34. The van der Waals surface area contributed by atoms with E-state index in [9.17, 15) is 9.90 Å². The molecule has 0 saturated carbocycles. The Morgan fingerprint density at radius 2 is 2.20 bits per heavy atom. The van der Waals surface area contributed by atoms with E-state index < -0.39 is 5.60 Å². The van der Waals surface area contributed by atoms with Crippen molar-refractivity contribution in [1.29, 1.82) is 0 Å². The lowest BCUT2D eigenvalue weighted by molar-refractivity contribution is -0.126. The van der Waals surface area contributed by atoms with E-state index in [1.54, 1.807) is 6.92 Å². The molecule has 0 aliphatic rings. The van der Waals surface area contributed by atoms with Crippen LogP contribution in [0.3, 0.4) is 0 Å². The molecule has 0 aromatic carbocycles. The second-order valence-electron chi connectivity index (χ2n) is 4.34. The van der Waals surface area contributed by atoms with Crippen molar-refractivity contribution in [3.63, 3.8) is 0 Å². The fraction of sp³-hybridized carbons (Fsp3) is 0.909. The van der Waals surface area contributed by atoms with E-state index in [4.69, 9.17) is 4.74 Å². The first-order valence-corrected chi connectivity index (χ1v) is 5.42. The van der Waals surface area contributed by atoms with Gasteiger partial charge in [-0.25, -0.2) is 0 Å². The second kappa shape index (κ2) is 6.80. The molecule has 0 aromatic rings. The highest BCUT2D eigenvalue weighted by atomic mass is 16.5. The molecule has 4 heteroatoms. The quantitative estimate of drug-likeness (QED) is 0.667. The van der Waals surface area contributed by atoms with E-state index in [0.717, 1.165) is 12.8 Å². The number of rotatable bonds is 7. The van der Waals surface area contributed by atoms with Gasteiger partial charge in [0.2, 0.25) is 5.91 Å². The van der Waals surface area contributed by atoms with Crippen LogP contribution in [0.4, 0.5) is 0 Å². The molecule has 90 valence electrons. The van der Waals surface area contributed by atoms with Gasteiger partial charge in [-0.3, -0.25) is 4.79 Å². The summed E-state index contributed by atoms with van der Waals surface area (Å²) in [4.78, 5) is 11.5. The van der Waals surface area contributed by atoms with Gasteiger partial charge in [-0.05, 0) is 13.3 Å². The summed E-state index contributed by atoms with van der Waals surface area (Å²) < 4.78 is 4.85. The van der Waals surface area contributed by atoms with Crippen LogP contribution in [0.25, 0.3) is 0 Å². The molecule has 0 saturated heterocycles. The monoisotopic (exact) mass is 217 g/mol. The first kappa shape index (κ1) is 14.4. The number of carbonyl (C=O) groups is 1. The molecule has 15 heavy (non-hydrogen) atoms. The molecule has 0 fully saturated rings. The molecule has 0 aliphatic heterocycles. The maximum absolute atomic E-state index is 11.5. The fourth-order valence-electron chi connectivity index (χ4n) is 1.38. The molecule has 4 nitrogen and oxygen atoms in total. The molecule has 2 atom stereocenters. The van der Waals surface area contributed by atoms with Gasteiger partial charge in [0, 0.05) is 19.6 Å². The predicted octanol–water partition coefficient (Wildman–Crippen LogP) is 0.936. The normalized spacial score (nSPS) is 16.9. The standard InChI is InChI=1S/C11H23NO3/c1-5-6-9(2)10(13)12-7-11(3,14)8-15-4/h9,14H,5-8H2,1-4H3,(H,12,13). The van der Waals surface area contributed by atoms with Crippen LogP contribution in [-0.4, -0.2) is 36.9 Å². The van der Waals surface area contributed by atoms with Crippen molar-refractivity contribution in [2.45, 2.75) is 39.2 Å². The highest BCUT2D eigenvalue weighted by molar-refractivity contribution is 5.78. The Morgan fingerprint density at radius 3 is 2.67 bits per heavy atom. The lowest BCUT2D eigenvalue weighted by Gasteiger charge is -2.23. The minimum absolute atomic E-state index is 0.00627. The Kier molecular flexibility index (Phi) is 6.52. The zero-order valence-corrected chi connectivity index (χ0v) is 10.2. The average molecular weight is 217 g/mol. The van der Waals surface area contributed by atoms with Gasteiger partial charge in [-0.15, -0.1) is 0 Å². The van der Waals surface area contributed by atoms with Gasteiger partial charge in [0.25, 0.3) is 0 Å². The van der Waals surface area contributed by atoms with Crippen molar-refractivity contribution in [2.75, 3.05) is 20.3 Å². The number of hydrogen-bond acceptors (Lipinski definition) is 3. The molecule has 2 N–H and O–H groups in total. The van der Waals surface area contributed by atoms with Crippen LogP contribution in [-0.2, 0) is 9.53 Å². The Labute approximate surface area is 92.0 Å². The van der Waals surface area contributed by atoms with Crippen molar-refractivity contribution < 1.29 is 14.6 Å². The summed E-state index contributed by atoms with van der Waals surface area (Å²) in [6.07, 6.45) is 1.86. The van der Waals surface area contributed by atoms with E-state index in [0.29, 0.717) is 0 Å². The SMILES string of the molecule is CCCC(C)C(=O)NCC(C)(O)COC. The Balaban J connectivity index is 3.88. The van der Waals surface area contributed by atoms with Crippen molar-refractivity contribution in [2.24, 2.45) is 5.92 Å². The number of carbonyl (C=O) groups excluding carboxylic acids is 1. The number of ether oxygens (including phenoxy) is 1. The summed E-state index contributed by atoms with van der Waals surface area (Å²) in [5.74, 6) is 0.00146. The molecule has 0 bridgehead atoms. The highest BCUT2D eigenvalue weighted by Crippen LogP contribution is 2.06. The molecule has 0 aromatic heterocycles. The number of aliphatic hydroxyl groups is 1. The van der Waals surface area contributed by atoms with Gasteiger partial charge in [0.15, 0.2) is 0 Å². The van der Waals surface area contributed by atoms with Gasteiger partial charge < -0.3 is 15.2 Å². The number of nitrogens with one attached hydrogen (secondary N) is 1. The summed E-state index contributed by atoms with van der Waals surface area (Å²) in [6.45, 7) is 6.03. The van der Waals surface area contributed by atoms with E-state index in [1.807, 2.05) is 13.8 Å². The van der Waals surface area contributed by atoms with Crippen LogP contribution < -0.4 is 5.32 Å². The van der Waals surface area contributed by atoms with E-state index >= 15 is 0 Å². The van der Waals surface area contributed by atoms with Crippen molar-refractivity contribution >= 4 is 5.91 Å². The van der Waals surface area contributed by atoms with E-state index in [2.05, 4.69) is 5.32 Å². The molecule has 1 amide bonds. The number of methoxy groups -OCH3 is 1. The summed E-state index contributed by atoms with van der Waals surface area (Å²) in [7, 11) is 1.52. The van der Waals surface area contributed by atoms with E-state index in [1.165, 1.54) is 7.11 Å². The summed E-state index contributed by atoms with van der Waals surface area (Å²) in [5.41, 5.74) is -0.990. The minimum Gasteiger partial charge on any atom is -0.386 e. The first-order valence-electron chi connectivity index (χ1n) is 5.42. The molecular formula is C11H23NO3. The molecule has 0 rings (SSSR count). The summed E-state index contributed by atoms with van der Waals surface area (Å²) >= 11 is 0. The molecule has 0 aliphatic carbocycles. The maximum atomic E-state index is 11.5. The third kappa shape index (κ3) is 6.47. The Morgan fingerprint density at radius 1 is 1.60 bits per heavy atom. The third-order valence-electron chi connectivity index (χ3n) is 2.27.